The smallest absolute Gasteiger partial charge is 0.524 e. The Morgan fingerprint density at radius 1 is 1.75 bits per heavy atom. The van der Waals surface area contributed by atoms with Gasteiger partial charge in [0.25, 0.3) is 6.16 Å². The van der Waals surface area contributed by atoms with Crippen molar-refractivity contribution in [2.24, 2.45) is 0 Å². The van der Waals surface area contributed by atoms with E-state index in [-0.39, 0.29) is 36.4 Å². The maximum Gasteiger partial charge on any atom is 1.00 e. The van der Waals surface area contributed by atoms with Gasteiger partial charge >= 0.3 is 29.6 Å². The molecule has 8 heavy (non-hydrogen) atoms. The summed E-state index contributed by atoms with van der Waals surface area (Å²) in [6.07, 6.45) is -1.57. The van der Waals surface area contributed by atoms with E-state index in [4.69, 9.17) is 0 Å². The summed E-state index contributed by atoms with van der Waals surface area (Å²) in [5, 5.41) is 9.34. The van der Waals surface area contributed by atoms with Crippen LogP contribution in [-0.4, -0.2) is 20.1 Å². The van der Waals surface area contributed by atoms with E-state index in [0.717, 1.165) is 0 Å². The van der Waals surface area contributed by atoms with Gasteiger partial charge in [0.15, 0.2) is 0 Å². The van der Waals surface area contributed by atoms with E-state index in [9.17, 15) is 9.90 Å². The minimum atomic E-state index is -1.57. The van der Waals surface area contributed by atoms with Gasteiger partial charge in [0.2, 0.25) is 0 Å². The molecule has 0 amide bonds. The number of carbonyl (C=O) groups excluding carboxylic acids is 1. The molecule has 0 aromatic rings. The molecule has 0 bridgehead atoms. The predicted molar refractivity (Wildman–Crippen MR) is 18.4 cm³/mol. The third-order valence-electron chi connectivity index (χ3n) is 0.295. The monoisotopic (exact) mass is 128 g/mol. The summed E-state index contributed by atoms with van der Waals surface area (Å²) in [4.78, 5) is 9.34. The van der Waals surface area contributed by atoms with Crippen LogP contribution in [0.3, 0.4) is 0 Å². The van der Waals surface area contributed by atoms with Gasteiger partial charge in [-0.25, -0.2) is 0 Å². The van der Waals surface area contributed by atoms with Crippen molar-refractivity contribution in [3.8, 4) is 0 Å². The summed E-state index contributed by atoms with van der Waals surface area (Å²) in [5.74, 6) is 0. The number of rotatable bonds is 2. The molecular weight excluding hydrogens is 123 g/mol. The second-order valence-electron chi connectivity index (χ2n) is 0.801. The fourth-order valence-electron chi connectivity index (χ4n) is 0.107. The number of hydrogen-bond acceptors (Lipinski definition) is 4. The SMILES string of the molecule is COCOC(=O)[O-].[Na+]. The van der Waals surface area contributed by atoms with E-state index >= 15 is 0 Å². The molecule has 0 radical (unpaired) electrons. The zero-order valence-electron chi connectivity index (χ0n) is 4.84. The minimum Gasteiger partial charge on any atom is -0.524 e. The third-order valence-corrected chi connectivity index (χ3v) is 0.295. The summed E-state index contributed by atoms with van der Waals surface area (Å²) in [6.45, 7) is -0.262. The van der Waals surface area contributed by atoms with Crippen molar-refractivity contribution in [1.29, 1.82) is 0 Å². The Morgan fingerprint density at radius 2 is 2.25 bits per heavy atom. The summed E-state index contributed by atoms with van der Waals surface area (Å²) in [7, 11) is 1.32. The first-order valence-corrected chi connectivity index (χ1v) is 1.60. The number of methoxy groups -OCH3 is 1. The topological polar surface area (TPSA) is 58.6 Å². The van der Waals surface area contributed by atoms with Crippen molar-refractivity contribution in [2.75, 3.05) is 13.9 Å². The van der Waals surface area contributed by atoms with E-state index in [1.807, 2.05) is 0 Å². The molecule has 0 spiro atoms. The Kier molecular flexibility index (Phi) is 10.0. The first-order valence-electron chi connectivity index (χ1n) is 1.60. The zero-order valence-corrected chi connectivity index (χ0v) is 6.84. The fourth-order valence-corrected chi connectivity index (χ4v) is 0.107. The normalized spacial score (nSPS) is 7.12. The van der Waals surface area contributed by atoms with Crippen LogP contribution in [0.5, 0.6) is 0 Å². The van der Waals surface area contributed by atoms with Gasteiger partial charge in [0.05, 0.1) is 0 Å². The third kappa shape index (κ3) is 9.52. The van der Waals surface area contributed by atoms with Crippen molar-refractivity contribution in [3.63, 3.8) is 0 Å². The molecule has 0 heterocycles. The maximum atomic E-state index is 9.34. The summed E-state index contributed by atoms with van der Waals surface area (Å²) >= 11 is 0. The van der Waals surface area contributed by atoms with Gasteiger partial charge < -0.3 is 19.4 Å². The average Bonchev–Trinajstić information content (AvgIpc) is 1.61. The molecule has 0 N–H and O–H groups in total. The van der Waals surface area contributed by atoms with Crippen LogP contribution >= 0.6 is 0 Å². The van der Waals surface area contributed by atoms with Gasteiger partial charge in [-0.2, -0.15) is 0 Å². The van der Waals surface area contributed by atoms with Crippen molar-refractivity contribution in [2.45, 2.75) is 0 Å². The molecule has 0 aliphatic carbocycles. The Hall–Kier alpha value is 0.230. The van der Waals surface area contributed by atoms with Gasteiger partial charge in [0, 0.05) is 7.11 Å². The van der Waals surface area contributed by atoms with E-state index in [1.165, 1.54) is 7.11 Å². The number of ether oxygens (including phenoxy) is 2. The number of carbonyl (C=O) groups is 1. The van der Waals surface area contributed by atoms with Gasteiger partial charge in [-0.1, -0.05) is 0 Å². The Morgan fingerprint density at radius 3 is 2.38 bits per heavy atom. The zero-order chi connectivity index (χ0) is 5.70. The van der Waals surface area contributed by atoms with Crippen LogP contribution in [-0.2, 0) is 9.47 Å². The molecule has 0 unspecified atom stereocenters. The summed E-state index contributed by atoms with van der Waals surface area (Å²) in [5.41, 5.74) is 0. The molecule has 0 aliphatic rings. The van der Waals surface area contributed by atoms with Crippen molar-refractivity contribution in [1.82, 2.24) is 0 Å². The molecule has 4 nitrogen and oxygen atoms in total. The van der Waals surface area contributed by atoms with Crippen LogP contribution in [0.2, 0.25) is 0 Å². The van der Waals surface area contributed by atoms with Gasteiger partial charge in [0.1, 0.15) is 6.79 Å². The molecule has 5 heteroatoms. The summed E-state index contributed by atoms with van der Waals surface area (Å²) in [6, 6.07) is 0. The molecule has 0 saturated heterocycles. The summed E-state index contributed by atoms with van der Waals surface area (Å²) < 4.78 is 7.98. The number of carboxylic acid groups (broad SMARTS) is 1. The van der Waals surface area contributed by atoms with Crippen LogP contribution < -0.4 is 34.7 Å². The Balaban J connectivity index is 0. The molecule has 0 atom stereocenters. The van der Waals surface area contributed by atoms with Gasteiger partial charge in [-0.05, 0) is 0 Å². The minimum absolute atomic E-state index is 0. The molecule has 0 aliphatic heterocycles. The van der Waals surface area contributed by atoms with Crippen molar-refractivity contribution in [3.05, 3.63) is 0 Å². The molecule has 0 rings (SSSR count). The van der Waals surface area contributed by atoms with Gasteiger partial charge in [-0.15, -0.1) is 0 Å². The molecular formula is C3H5NaO4. The second kappa shape index (κ2) is 7.23. The Bertz CT molecular complexity index is 64.3. The second-order valence-corrected chi connectivity index (χ2v) is 0.801. The average molecular weight is 128 g/mol. The molecule has 0 fully saturated rings. The van der Waals surface area contributed by atoms with Crippen LogP contribution in [0.25, 0.3) is 0 Å². The molecule has 0 aromatic heterocycles. The first-order chi connectivity index (χ1) is 3.27. The Labute approximate surface area is 69.1 Å². The van der Waals surface area contributed by atoms with Crippen LogP contribution in [0.1, 0.15) is 0 Å². The van der Waals surface area contributed by atoms with Crippen molar-refractivity contribution < 1.29 is 48.9 Å². The van der Waals surface area contributed by atoms with E-state index in [1.54, 1.807) is 0 Å². The van der Waals surface area contributed by atoms with Gasteiger partial charge in [-0.3, -0.25) is 0 Å². The quantitative estimate of drug-likeness (QED) is 0.216. The van der Waals surface area contributed by atoms with Crippen LogP contribution in [0, 0.1) is 0 Å². The maximum absolute atomic E-state index is 9.34. The molecule has 0 saturated carbocycles. The van der Waals surface area contributed by atoms with E-state index in [2.05, 4.69) is 9.47 Å². The predicted octanol–water partition coefficient (Wildman–Crippen LogP) is -4.05. The molecule has 0 aromatic carbocycles. The molecule has 42 valence electrons. The van der Waals surface area contributed by atoms with Crippen molar-refractivity contribution >= 4 is 6.16 Å². The largest absolute Gasteiger partial charge is 1.00 e. The first kappa shape index (κ1) is 11.1. The van der Waals surface area contributed by atoms with E-state index in [0.29, 0.717) is 0 Å². The van der Waals surface area contributed by atoms with E-state index < -0.39 is 6.16 Å². The van der Waals surface area contributed by atoms with Crippen LogP contribution in [0.4, 0.5) is 4.79 Å². The van der Waals surface area contributed by atoms with Crippen LogP contribution in [0.15, 0.2) is 0 Å². The number of hydrogen-bond donors (Lipinski definition) is 0. The standard InChI is InChI=1S/C3H6O4.Na/c1-6-2-7-3(4)5;/h2H2,1H3,(H,4,5);/q;+1/p-1. The fraction of sp³-hybridized carbons (Fsp3) is 0.667.